The zero-order valence-electron chi connectivity index (χ0n) is 8.73. The molecule has 0 aliphatic carbocycles. The second kappa shape index (κ2) is 3.73. The van der Waals surface area contributed by atoms with Crippen LogP contribution in [0.2, 0.25) is 0 Å². The van der Waals surface area contributed by atoms with Gasteiger partial charge in [-0.05, 0) is 13.0 Å². The van der Waals surface area contributed by atoms with Gasteiger partial charge in [0.2, 0.25) is 0 Å². The number of aryl methyl sites for hydroxylation is 1. The fourth-order valence-corrected chi connectivity index (χ4v) is 1.59. The molecule has 4 heteroatoms. The molecule has 0 aromatic carbocycles. The minimum absolute atomic E-state index is 0.0138. The van der Waals surface area contributed by atoms with Crippen LogP contribution in [0.3, 0.4) is 0 Å². The predicted octanol–water partition coefficient (Wildman–Crippen LogP) is 1.42. The van der Waals surface area contributed by atoms with Gasteiger partial charge in [-0.1, -0.05) is 0 Å². The molecule has 78 valence electrons. The molecule has 0 N–H and O–H groups in total. The van der Waals surface area contributed by atoms with Crippen molar-refractivity contribution in [3.8, 4) is 5.75 Å². The van der Waals surface area contributed by atoms with Crippen molar-refractivity contribution in [3.05, 3.63) is 34.7 Å². The Bertz CT molecular complexity index is 546. The van der Waals surface area contributed by atoms with E-state index in [1.165, 1.54) is 6.07 Å². The number of aromatic nitrogens is 2. The lowest BCUT2D eigenvalue weighted by atomic mass is 10.3. The predicted molar refractivity (Wildman–Crippen MR) is 58.2 cm³/mol. The Kier molecular flexibility index (Phi) is 2.41. The quantitative estimate of drug-likeness (QED) is 0.743. The van der Waals surface area contributed by atoms with E-state index in [2.05, 4.69) is 4.98 Å². The molecule has 15 heavy (non-hydrogen) atoms. The van der Waals surface area contributed by atoms with Crippen molar-refractivity contribution in [2.24, 2.45) is 0 Å². The summed E-state index contributed by atoms with van der Waals surface area (Å²) in [5.41, 5.74) is 1.60. The molecule has 0 unspecified atom stereocenters. The molecule has 0 atom stereocenters. The standard InChI is InChI=1S/C11H12N2O2/c1-3-13-10-6-8(15-2)7-12-9(10)4-5-11(13)14/h4-7H,3H2,1-2H3. The molecule has 0 amide bonds. The molecule has 0 saturated carbocycles. The summed E-state index contributed by atoms with van der Waals surface area (Å²) >= 11 is 0. The van der Waals surface area contributed by atoms with Gasteiger partial charge in [-0.3, -0.25) is 9.78 Å². The third-order valence-electron chi connectivity index (χ3n) is 2.36. The number of ether oxygens (including phenoxy) is 1. The van der Waals surface area contributed by atoms with Gasteiger partial charge in [0.05, 0.1) is 24.3 Å². The Labute approximate surface area is 87.1 Å². The molecule has 2 aromatic heterocycles. The Morgan fingerprint density at radius 2 is 2.27 bits per heavy atom. The maximum atomic E-state index is 11.6. The monoisotopic (exact) mass is 204 g/mol. The van der Waals surface area contributed by atoms with Crippen molar-refractivity contribution in [2.45, 2.75) is 13.5 Å². The fourth-order valence-electron chi connectivity index (χ4n) is 1.59. The molecule has 4 nitrogen and oxygen atoms in total. The highest BCUT2D eigenvalue weighted by molar-refractivity contribution is 5.75. The van der Waals surface area contributed by atoms with Gasteiger partial charge in [0.15, 0.2) is 0 Å². The second-order valence-electron chi connectivity index (χ2n) is 3.20. The van der Waals surface area contributed by atoms with Gasteiger partial charge < -0.3 is 9.30 Å². The summed E-state index contributed by atoms with van der Waals surface area (Å²) in [6.45, 7) is 2.56. The van der Waals surface area contributed by atoms with E-state index in [4.69, 9.17) is 4.74 Å². The van der Waals surface area contributed by atoms with Crippen molar-refractivity contribution >= 4 is 11.0 Å². The molecule has 2 rings (SSSR count). The smallest absolute Gasteiger partial charge is 0.251 e. The molecular formula is C11H12N2O2. The molecule has 0 bridgehead atoms. The third kappa shape index (κ3) is 1.58. The van der Waals surface area contributed by atoms with Crippen LogP contribution in [0.4, 0.5) is 0 Å². The first-order valence-electron chi connectivity index (χ1n) is 4.80. The first-order chi connectivity index (χ1) is 7.26. The molecule has 0 aliphatic rings. The largest absolute Gasteiger partial charge is 0.495 e. The molecule has 2 aromatic rings. The minimum atomic E-state index is -0.0138. The maximum Gasteiger partial charge on any atom is 0.251 e. The number of methoxy groups -OCH3 is 1. The normalized spacial score (nSPS) is 10.5. The molecule has 0 spiro atoms. The van der Waals surface area contributed by atoms with Gasteiger partial charge in [0, 0.05) is 18.7 Å². The van der Waals surface area contributed by atoms with Crippen molar-refractivity contribution in [1.82, 2.24) is 9.55 Å². The van der Waals surface area contributed by atoms with E-state index in [1.54, 1.807) is 23.9 Å². The van der Waals surface area contributed by atoms with Crippen LogP contribution in [0.25, 0.3) is 11.0 Å². The Morgan fingerprint density at radius 1 is 1.47 bits per heavy atom. The summed E-state index contributed by atoms with van der Waals surface area (Å²) in [6, 6.07) is 5.09. The third-order valence-corrected chi connectivity index (χ3v) is 2.36. The Morgan fingerprint density at radius 3 is 2.93 bits per heavy atom. The van der Waals surface area contributed by atoms with Gasteiger partial charge in [-0.15, -0.1) is 0 Å². The molecule has 0 radical (unpaired) electrons. The molecular weight excluding hydrogens is 192 g/mol. The molecule has 0 saturated heterocycles. The van der Waals surface area contributed by atoms with Crippen LogP contribution in [0, 0.1) is 0 Å². The lowest BCUT2D eigenvalue weighted by Gasteiger charge is -2.07. The van der Waals surface area contributed by atoms with Crippen LogP contribution in [0.5, 0.6) is 5.75 Å². The topological polar surface area (TPSA) is 44.1 Å². The number of hydrogen-bond donors (Lipinski definition) is 0. The van der Waals surface area contributed by atoms with Crippen LogP contribution >= 0.6 is 0 Å². The summed E-state index contributed by atoms with van der Waals surface area (Å²) in [5.74, 6) is 0.662. The number of hydrogen-bond acceptors (Lipinski definition) is 3. The Balaban J connectivity index is 2.82. The van der Waals surface area contributed by atoms with E-state index in [-0.39, 0.29) is 5.56 Å². The van der Waals surface area contributed by atoms with E-state index < -0.39 is 0 Å². The van der Waals surface area contributed by atoms with E-state index in [9.17, 15) is 4.79 Å². The highest BCUT2D eigenvalue weighted by Crippen LogP contribution is 2.16. The van der Waals surface area contributed by atoms with Crippen LogP contribution in [0.15, 0.2) is 29.2 Å². The van der Waals surface area contributed by atoms with Crippen LogP contribution in [-0.4, -0.2) is 16.7 Å². The number of pyridine rings is 2. The molecule has 0 aliphatic heterocycles. The first-order valence-corrected chi connectivity index (χ1v) is 4.80. The van der Waals surface area contributed by atoms with Crippen LogP contribution < -0.4 is 10.3 Å². The number of fused-ring (bicyclic) bond motifs is 1. The maximum absolute atomic E-state index is 11.6. The zero-order chi connectivity index (χ0) is 10.8. The number of rotatable bonds is 2. The van der Waals surface area contributed by atoms with Crippen molar-refractivity contribution in [1.29, 1.82) is 0 Å². The van der Waals surface area contributed by atoms with E-state index in [1.807, 2.05) is 13.0 Å². The summed E-state index contributed by atoms with van der Waals surface area (Å²) in [4.78, 5) is 15.8. The highest BCUT2D eigenvalue weighted by atomic mass is 16.5. The molecule has 0 fully saturated rings. The van der Waals surface area contributed by atoms with Gasteiger partial charge in [-0.25, -0.2) is 0 Å². The van der Waals surface area contributed by atoms with Crippen molar-refractivity contribution < 1.29 is 4.74 Å². The van der Waals surface area contributed by atoms with Crippen molar-refractivity contribution in [2.75, 3.05) is 7.11 Å². The Hall–Kier alpha value is -1.84. The fraction of sp³-hybridized carbons (Fsp3) is 0.273. The average molecular weight is 204 g/mol. The average Bonchev–Trinajstić information content (AvgIpc) is 2.28. The van der Waals surface area contributed by atoms with Crippen LogP contribution in [0.1, 0.15) is 6.92 Å². The lowest BCUT2D eigenvalue weighted by molar-refractivity contribution is 0.413. The van der Waals surface area contributed by atoms with Crippen LogP contribution in [-0.2, 0) is 6.54 Å². The lowest BCUT2D eigenvalue weighted by Crippen LogP contribution is -2.18. The highest BCUT2D eigenvalue weighted by Gasteiger charge is 2.03. The van der Waals surface area contributed by atoms with Crippen molar-refractivity contribution in [3.63, 3.8) is 0 Å². The molecule has 2 heterocycles. The van der Waals surface area contributed by atoms with E-state index in [0.717, 1.165) is 11.0 Å². The van der Waals surface area contributed by atoms with E-state index in [0.29, 0.717) is 12.3 Å². The summed E-state index contributed by atoms with van der Waals surface area (Å²) < 4.78 is 6.76. The van der Waals surface area contributed by atoms with Gasteiger partial charge in [-0.2, -0.15) is 0 Å². The van der Waals surface area contributed by atoms with Gasteiger partial charge in [0.1, 0.15) is 5.75 Å². The SMILES string of the molecule is CCn1c(=O)ccc2ncc(OC)cc21. The second-order valence-corrected chi connectivity index (χ2v) is 3.20. The van der Waals surface area contributed by atoms with Gasteiger partial charge in [0.25, 0.3) is 5.56 Å². The van der Waals surface area contributed by atoms with E-state index >= 15 is 0 Å². The summed E-state index contributed by atoms with van der Waals surface area (Å²) in [6.07, 6.45) is 1.65. The summed E-state index contributed by atoms with van der Waals surface area (Å²) in [5, 5.41) is 0. The number of nitrogens with zero attached hydrogens (tertiary/aromatic N) is 2. The first kappa shape index (κ1) is 9.71. The summed E-state index contributed by atoms with van der Waals surface area (Å²) in [7, 11) is 1.58. The van der Waals surface area contributed by atoms with Gasteiger partial charge >= 0.3 is 0 Å². The minimum Gasteiger partial charge on any atom is -0.495 e. The zero-order valence-corrected chi connectivity index (χ0v) is 8.73.